The number of imidazole rings is 1. The molecule has 5 nitrogen and oxygen atoms in total. The molecule has 17 heavy (non-hydrogen) atoms. The molecular weight excluding hydrogens is 216 g/mol. The first-order chi connectivity index (χ1) is 8.20. The van der Waals surface area contributed by atoms with Crippen LogP contribution in [0.15, 0.2) is 16.9 Å². The maximum atomic E-state index is 5.18. The molecule has 0 radical (unpaired) electrons. The Bertz CT molecular complexity index is 472. The van der Waals surface area contributed by atoms with Gasteiger partial charge in [0.25, 0.3) is 0 Å². The van der Waals surface area contributed by atoms with E-state index in [1.165, 1.54) is 0 Å². The van der Waals surface area contributed by atoms with Gasteiger partial charge < -0.3 is 9.09 Å². The number of nitrogens with zero attached hydrogens (tertiary/aromatic N) is 4. The highest BCUT2D eigenvalue weighted by atomic mass is 16.5. The van der Waals surface area contributed by atoms with E-state index in [2.05, 4.69) is 26.6 Å². The van der Waals surface area contributed by atoms with Gasteiger partial charge in [-0.1, -0.05) is 25.9 Å². The third-order valence-electron chi connectivity index (χ3n) is 2.56. The second-order valence-electron chi connectivity index (χ2n) is 4.42. The lowest BCUT2D eigenvalue weighted by Gasteiger charge is -2.03. The van der Waals surface area contributed by atoms with Crippen LogP contribution in [0.25, 0.3) is 0 Å². The van der Waals surface area contributed by atoms with Crippen molar-refractivity contribution in [2.45, 2.75) is 46.1 Å². The van der Waals surface area contributed by atoms with Crippen LogP contribution in [0.2, 0.25) is 0 Å². The van der Waals surface area contributed by atoms with Crippen molar-refractivity contribution >= 4 is 0 Å². The molecule has 0 aliphatic rings. The minimum absolute atomic E-state index is 0.272. The van der Waals surface area contributed by atoms with E-state index in [9.17, 15) is 0 Å². The Hall–Kier alpha value is -1.65. The molecule has 2 aromatic heterocycles. The van der Waals surface area contributed by atoms with Crippen molar-refractivity contribution in [2.24, 2.45) is 0 Å². The van der Waals surface area contributed by atoms with E-state index < -0.39 is 0 Å². The second-order valence-corrected chi connectivity index (χ2v) is 4.42. The number of rotatable bonds is 5. The monoisotopic (exact) mass is 234 g/mol. The lowest BCUT2D eigenvalue weighted by Crippen LogP contribution is -2.05. The summed E-state index contributed by atoms with van der Waals surface area (Å²) in [6.45, 7) is 6.85. The quantitative estimate of drug-likeness (QED) is 0.797. The molecular formula is C12H18N4O. The molecule has 92 valence electrons. The molecule has 2 heterocycles. The van der Waals surface area contributed by atoms with Crippen molar-refractivity contribution in [1.29, 1.82) is 0 Å². The summed E-state index contributed by atoms with van der Waals surface area (Å²) in [6, 6.07) is 0. The zero-order valence-corrected chi connectivity index (χ0v) is 10.6. The molecule has 0 spiro atoms. The van der Waals surface area contributed by atoms with Crippen molar-refractivity contribution < 1.29 is 4.52 Å². The fourth-order valence-electron chi connectivity index (χ4n) is 1.65. The van der Waals surface area contributed by atoms with Crippen LogP contribution in [0.5, 0.6) is 0 Å². The Morgan fingerprint density at radius 3 is 2.88 bits per heavy atom. The van der Waals surface area contributed by atoms with Crippen LogP contribution in [0.3, 0.4) is 0 Å². The molecule has 0 aromatic carbocycles. The summed E-state index contributed by atoms with van der Waals surface area (Å²) in [6.07, 6.45) is 5.83. The van der Waals surface area contributed by atoms with Crippen molar-refractivity contribution in [1.82, 2.24) is 19.7 Å². The molecule has 0 bridgehead atoms. The number of hydrogen-bond donors (Lipinski definition) is 0. The Balaban J connectivity index is 2.11. The zero-order valence-electron chi connectivity index (χ0n) is 10.6. The van der Waals surface area contributed by atoms with E-state index in [0.29, 0.717) is 18.3 Å². The van der Waals surface area contributed by atoms with Crippen molar-refractivity contribution in [3.63, 3.8) is 0 Å². The Morgan fingerprint density at radius 2 is 2.24 bits per heavy atom. The first-order valence-electron chi connectivity index (χ1n) is 6.03. The summed E-state index contributed by atoms with van der Waals surface area (Å²) in [5, 5.41) is 3.98. The molecule has 0 atom stereocenters. The first-order valence-corrected chi connectivity index (χ1v) is 6.03. The number of hydrogen-bond acceptors (Lipinski definition) is 4. The Kier molecular flexibility index (Phi) is 3.56. The predicted molar refractivity (Wildman–Crippen MR) is 63.7 cm³/mol. The molecule has 2 rings (SSSR count). The van der Waals surface area contributed by atoms with Gasteiger partial charge >= 0.3 is 0 Å². The van der Waals surface area contributed by atoms with Gasteiger partial charge in [-0.3, -0.25) is 0 Å². The van der Waals surface area contributed by atoms with Crippen LogP contribution >= 0.6 is 0 Å². The highest BCUT2D eigenvalue weighted by Crippen LogP contribution is 2.12. The van der Waals surface area contributed by atoms with Gasteiger partial charge in [-0.25, -0.2) is 4.98 Å². The van der Waals surface area contributed by atoms with Gasteiger partial charge in [0, 0.05) is 24.7 Å². The van der Waals surface area contributed by atoms with Gasteiger partial charge in [-0.2, -0.15) is 4.98 Å². The minimum Gasteiger partial charge on any atom is -0.339 e. The lowest BCUT2D eigenvalue weighted by molar-refractivity contribution is 0.359. The Morgan fingerprint density at radius 1 is 1.41 bits per heavy atom. The van der Waals surface area contributed by atoms with Crippen molar-refractivity contribution in [3.8, 4) is 0 Å². The van der Waals surface area contributed by atoms with Crippen molar-refractivity contribution in [2.75, 3.05) is 0 Å². The molecule has 0 saturated carbocycles. The van der Waals surface area contributed by atoms with Gasteiger partial charge in [0.05, 0.1) is 6.54 Å². The summed E-state index contributed by atoms with van der Waals surface area (Å²) in [7, 11) is 0. The summed E-state index contributed by atoms with van der Waals surface area (Å²) < 4.78 is 7.25. The molecule has 5 heteroatoms. The van der Waals surface area contributed by atoms with Gasteiger partial charge in [-0.15, -0.1) is 0 Å². The molecule has 0 unspecified atom stereocenters. The fraction of sp³-hybridized carbons (Fsp3) is 0.583. The zero-order chi connectivity index (χ0) is 12.3. The van der Waals surface area contributed by atoms with E-state index in [4.69, 9.17) is 4.52 Å². The summed E-state index contributed by atoms with van der Waals surface area (Å²) >= 11 is 0. The molecule has 0 aliphatic carbocycles. The number of aryl methyl sites for hydroxylation is 1. The molecule has 0 fully saturated rings. The highest BCUT2D eigenvalue weighted by Gasteiger charge is 2.11. The van der Waals surface area contributed by atoms with Crippen LogP contribution in [0, 0.1) is 0 Å². The van der Waals surface area contributed by atoms with E-state index in [1.54, 1.807) is 0 Å². The maximum Gasteiger partial charge on any atom is 0.229 e. The fourth-order valence-corrected chi connectivity index (χ4v) is 1.65. The molecule has 0 amide bonds. The average molecular weight is 234 g/mol. The topological polar surface area (TPSA) is 56.7 Å². The summed E-state index contributed by atoms with van der Waals surface area (Å²) in [5.41, 5.74) is 0. The van der Waals surface area contributed by atoms with Gasteiger partial charge in [-0.05, 0) is 6.42 Å². The predicted octanol–water partition coefficient (Wildman–Crippen LogP) is 2.39. The molecule has 0 aliphatic heterocycles. The van der Waals surface area contributed by atoms with Gasteiger partial charge in [0.15, 0.2) is 5.82 Å². The third kappa shape index (κ3) is 2.72. The van der Waals surface area contributed by atoms with Gasteiger partial charge in [0.2, 0.25) is 5.89 Å². The first kappa shape index (κ1) is 11.8. The van der Waals surface area contributed by atoms with E-state index in [-0.39, 0.29) is 5.92 Å². The standard InChI is InChI=1S/C12H18N4O/c1-4-5-11-13-6-7-16(11)8-10-14-12(9(2)3)17-15-10/h6-7,9H,4-5,8H2,1-3H3. The highest BCUT2D eigenvalue weighted by molar-refractivity contribution is 4.98. The third-order valence-corrected chi connectivity index (χ3v) is 2.56. The van der Waals surface area contributed by atoms with E-state index >= 15 is 0 Å². The smallest absolute Gasteiger partial charge is 0.229 e. The molecule has 0 saturated heterocycles. The normalized spacial score (nSPS) is 11.3. The largest absolute Gasteiger partial charge is 0.339 e. The molecule has 2 aromatic rings. The average Bonchev–Trinajstić information content (AvgIpc) is 2.90. The van der Waals surface area contributed by atoms with E-state index in [1.807, 2.05) is 26.2 Å². The summed E-state index contributed by atoms with van der Waals surface area (Å²) in [4.78, 5) is 8.68. The SMILES string of the molecule is CCCc1nccn1Cc1noc(C(C)C)n1. The lowest BCUT2D eigenvalue weighted by atomic mass is 10.2. The second kappa shape index (κ2) is 5.12. The van der Waals surface area contributed by atoms with Crippen LogP contribution in [0.1, 0.15) is 50.6 Å². The number of aromatic nitrogens is 4. The van der Waals surface area contributed by atoms with Crippen LogP contribution in [-0.4, -0.2) is 19.7 Å². The van der Waals surface area contributed by atoms with Crippen LogP contribution in [0.4, 0.5) is 0 Å². The van der Waals surface area contributed by atoms with Crippen LogP contribution in [-0.2, 0) is 13.0 Å². The molecule has 0 N–H and O–H groups in total. The van der Waals surface area contributed by atoms with Crippen molar-refractivity contribution in [3.05, 3.63) is 29.9 Å². The van der Waals surface area contributed by atoms with Gasteiger partial charge in [0.1, 0.15) is 5.82 Å². The van der Waals surface area contributed by atoms with E-state index in [0.717, 1.165) is 18.7 Å². The summed E-state index contributed by atoms with van der Waals surface area (Å²) in [5.74, 6) is 2.75. The Labute approximate surface area is 101 Å². The van der Waals surface area contributed by atoms with Crippen LogP contribution < -0.4 is 0 Å². The minimum atomic E-state index is 0.272. The maximum absolute atomic E-state index is 5.18.